The van der Waals surface area contributed by atoms with Crippen molar-refractivity contribution in [3.63, 3.8) is 0 Å². The van der Waals surface area contributed by atoms with Crippen molar-refractivity contribution in [1.82, 2.24) is 5.32 Å². The Morgan fingerprint density at radius 2 is 1.38 bits per heavy atom. The van der Waals surface area contributed by atoms with Crippen LogP contribution in [0.1, 0.15) is 25.7 Å². The first kappa shape index (κ1) is 23.1. The molecule has 10 N–H and O–H groups in total. The van der Waals surface area contributed by atoms with Gasteiger partial charge >= 0.3 is 0 Å². The topological polar surface area (TPSA) is 197 Å². The van der Waals surface area contributed by atoms with Gasteiger partial charge in [-0.1, -0.05) is 12.8 Å². The van der Waals surface area contributed by atoms with Gasteiger partial charge in [0, 0.05) is 6.54 Å². The van der Waals surface area contributed by atoms with Crippen molar-refractivity contribution < 1.29 is 40.5 Å². The van der Waals surface area contributed by atoms with E-state index in [9.17, 15) is 35.4 Å². The Labute approximate surface area is 140 Å². The number of rotatable bonds is 13. The third-order valence-corrected chi connectivity index (χ3v) is 3.65. The number of carbonyl (C=O) groups is 1. The second kappa shape index (κ2) is 12.5. The van der Waals surface area contributed by atoms with Crippen LogP contribution in [0, 0.1) is 0 Å². The highest BCUT2D eigenvalue weighted by atomic mass is 16.4. The Kier molecular flexibility index (Phi) is 12.1. The van der Waals surface area contributed by atoms with E-state index in [2.05, 4.69) is 5.32 Å². The summed E-state index contributed by atoms with van der Waals surface area (Å²) in [6, 6.07) is 0. The predicted molar refractivity (Wildman–Crippen MR) is 83.7 cm³/mol. The molecule has 0 aliphatic carbocycles. The van der Waals surface area contributed by atoms with Crippen LogP contribution in [0.15, 0.2) is 0 Å². The molecule has 0 aromatic rings. The van der Waals surface area contributed by atoms with Crippen molar-refractivity contribution in [2.75, 3.05) is 19.7 Å². The molecule has 0 saturated carbocycles. The molecule has 6 unspecified atom stereocenters. The smallest absolute Gasteiger partial charge is 0.251 e. The van der Waals surface area contributed by atoms with Crippen molar-refractivity contribution in [2.24, 2.45) is 5.73 Å². The fourth-order valence-electron chi connectivity index (χ4n) is 2.02. The van der Waals surface area contributed by atoms with Gasteiger partial charge in [-0.15, -0.1) is 0 Å². The van der Waals surface area contributed by atoms with Crippen LogP contribution in [-0.2, 0) is 4.79 Å². The molecule has 0 aromatic carbocycles. The van der Waals surface area contributed by atoms with E-state index >= 15 is 0 Å². The van der Waals surface area contributed by atoms with Crippen LogP contribution in [0.25, 0.3) is 0 Å². The van der Waals surface area contributed by atoms with E-state index < -0.39 is 49.1 Å². The van der Waals surface area contributed by atoms with Gasteiger partial charge < -0.3 is 46.8 Å². The van der Waals surface area contributed by atoms with E-state index in [4.69, 9.17) is 10.8 Å². The van der Waals surface area contributed by atoms with E-state index in [1.807, 2.05) is 0 Å². The maximum absolute atomic E-state index is 11.7. The van der Waals surface area contributed by atoms with E-state index in [1.165, 1.54) is 0 Å². The molecule has 0 heterocycles. The number of unbranched alkanes of at least 4 members (excludes halogenated alkanes) is 3. The Balaban J connectivity index is 4.31. The van der Waals surface area contributed by atoms with Crippen molar-refractivity contribution in [3.05, 3.63) is 0 Å². The molecule has 0 radical (unpaired) electrons. The molecular weight excluding hydrogens is 324 g/mol. The summed E-state index contributed by atoms with van der Waals surface area (Å²) < 4.78 is 0. The Hall–Kier alpha value is -0.850. The number of nitrogens with two attached hydrogens (primary N) is 1. The normalized spacial score (nSPS) is 19.2. The fourth-order valence-corrected chi connectivity index (χ4v) is 2.02. The molecule has 0 fully saturated rings. The summed E-state index contributed by atoms with van der Waals surface area (Å²) in [4.78, 5) is 11.7. The lowest BCUT2D eigenvalue weighted by atomic mass is 9.96. The van der Waals surface area contributed by atoms with Crippen molar-refractivity contribution in [3.8, 4) is 0 Å². The standard InChI is InChI=1S/C14H30N2O8/c15-5-3-1-2-4-6-16-14(24)13(23)12(22)11(21)10(20)9(19)8(18)7-17/h8-13,17-23H,1-7,15H2,(H,16,24). The summed E-state index contributed by atoms with van der Waals surface area (Å²) in [7, 11) is 0. The number of hydrogen-bond donors (Lipinski definition) is 9. The van der Waals surface area contributed by atoms with E-state index in [0.717, 1.165) is 19.3 Å². The molecule has 0 aromatic heterocycles. The molecule has 24 heavy (non-hydrogen) atoms. The van der Waals surface area contributed by atoms with Gasteiger partial charge in [-0.05, 0) is 19.4 Å². The zero-order chi connectivity index (χ0) is 18.7. The summed E-state index contributed by atoms with van der Waals surface area (Å²) in [6.07, 6.45) is -8.72. The fraction of sp³-hybridized carbons (Fsp3) is 0.929. The van der Waals surface area contributed by atoms with Crippen molar-refractivity contribution >= 4 is 5.91 Å². The van der Waals surface area contributed by atoms with Crippen molar-refractivity contribution in [1.29, 1.82) is 0 Å². The van der Waals surface area contributed by atoms with Crippen LogP contribution >= 0.6 is 0 Å². The van der Waals surface area contributed by atoms with Gasteiger partial charge in [0.1, 0.15) is 30.5 Å². The van der Waals surface area contributed by atoms with E-state index in [-0.39, 0.29) is 6.54 Å². The maximum atomic E-state index is 11.7. The van der Waals surface area contributed by atoms with Gasteiger partial charge in [-0.3, -0.25) is 4.79 Å². The Morgan fingerprint density at radius 3 is 1.92 bits per heavy atom. The molecule has 10 nitrogen and oxygen atoms in total. The highest BCUT2D eigenvalue weighted by Crippen LogP contribution is 2.11. The monoisotopic (exact) mass is 354 g/mol. The Morgan fingerprint density at radius 1 is 0.833 bits per heavy atom. The van der Waals surface area contributed by atoms with Gasteiger partial charge in [-0.2, -0.15) is 0 Å². The molecule has 6 atom stereocenters. The minimum absolute atomic E-state index is 0.262. The molecule has 1 amide bonds. The minimum Gasteiger partial charge on any atom is -0.394 e. The van der Waals surface area contributed by atoms with E-state index in [0.29, 0.717) is 13.0 Å². The molecule has 0 spiro atoms. The van der Waals surface area contributed by atoms with Crippen LogP contribution in [0.5, 0.6) is 0 Å². The second-order valence-corrected chi connectivity index (χ2v) is 5.65. The van der Waals surface area contributed by atoms with Gasteiger partial charge in [0.25, 0.3) is 5.91 Å². The Bertz CT molecular complexity index is 347. The van der Waals surface area contributed by atoms with Crippen LogP contribution < -0.4 is 11.1 Å². The second-order valence-electron chi connectivity index (χ2n) is 5.65. The van der Waals surface area contributed by atoms with E-state index in [1.54, 1.807) is 0 Å². The lowest BCUT2D eigenvalue weighted by Crippen LogP contribution is -2.55. The lowest BCUT2D eigenvalue weighted by molar-refractivity contribution is -0.165. The van der Waals surface area contributed by atoms with Gasteiger partial charge in [-0.25, -0.2) is 0 Å². The zero-order valence-electron chi connectivity index (χ0n) is 13.5. The molecule has 0 saturated heterocycles. The largest absolute Gasteiger partial charge is 0.394 e. The molecule has 0 aliphatic rings. The van der Waals surface area contributed by atoms with Gasteiger partial charge in [0.15, 0.2) is 6.10 Å². The SMILES string of the molecule is NCCCCCCNC(=O)C(O)C(O)C(O)C(O)C(O)C(O)CO. The van der Waals surface area contributed by atoms with Gasteiger partial charge in [0.05, 0.1) is 6.61 Å². The summed E-state index contributed by atoms with van der Waals surface area (Å²) >= 11 is 0. The molecule has 10 heteroatoms. The third-order valence-electron chi connectivity index (χ3n) is 3.65. The highest BCUT2D eigenvalue weighted by Gasteiger charge is 2.39. The quantitative estimate of drug-likeness (QED) is 0.147. The average molecular weight is 354 g/mol. The van der Waals surface area contributed by atoms with Crippen LogP contribution in [0.4, 0.5) is 0 Å². The number of carbonyl (C=O) groups excluding carboxylic acids is 1. The molecule has 0 aliphatic heterocycles. The van der Waals surface area contributed by atoms with Crippen LogP contribution in [-0.4, -0.2) is 98.0 Å². The minimum atomic E-state index is -2.11. The number of nitrogens with one attached hydrogen (secondary N) is 1. The summed E-state index contributed by atoms with van der Waals surface area (Å²) in [5.41, 5.74) is 5.34. The molecule has 0 rings (SSSR count). The first-order valence-electron chi connectivity index (χ1n) is 7.94. The summed E-state index contributed by atoms with van der Waals surface area (Å²) in [5, 5.41) is 68.3. The summed E-state index contributed by atoms with van der Waals surface area (Å²) in [5.74, 6) is -0.940. The molecule has 0 bridgehead atoms. The molecule has 144 valence electrons. The number of hydrogen-bond acceptors (Lipinski definition) is 9. The number of aliphatic hydroxyl groups is 7. The molecular formula is C14H30N2O8. The predicted octanol–water partition coefficient (Wildman–Crippen LogP) is -4.22. The first-order chi connectivity index (χ1) is 11.3. The number of amides is 1. The highest BCUT2D eigenvalue weighted by molar-refractivity contribution is 5.81. The lowest BCUT2D eigenvalue weighted by Gasteiger charge is -2.30. The first-order valence-corrected chi connectivity index (χ1v) is 7.94. The van der Waals surface area contributed by atoms with Crippen LogP contribution in [0.2, 0.25) is 0 Å². The average Bonchev–Trinajstić information content (AvgIpc) is 2.60. The third kappa shape index (κ3) is 7.81. The maximum Gasteiger partial charge on any atom is 0.251 e. The van der Waals surface area contributed by atoms with Gasteiger partial charge in [0.2, 0.25) is 0 Å². The van der Waals surface area contributed by atoms with Crippen LogP contribution in [0.3, 0.4) is 0 Å². The van der Waals surface area contributed by atoms with Crippen molar-refractivity contribution in [2.45, 2.75) is 62.3 Å². The summed E-state index contributed by atoms with van der Waals surface area (Å²) in [6.45, 7) is -0.0275. The zero-order valence-corrected chi connectivity index (χ0v) is 13.5. The number of aliphatic hydroxyl groups excluding tert-OH is 7.